The number of aromatic nitrogens is 2. The van der Waals surface area contributed by atoms with Crippen LogP contribution in [0.15, 0.2) is 114 Å². The Bertz CT molecular complexity index is 1690. The molecular weight excluding hydrogens is 450 g/mol. The van der Waals surface area contributed by atoms with Crippen molar-refractivity contribution in [3.05, 3.63) is 115 Å². The van der Waals surface area contributed by atoms with Crippen molar-refractivity contribution >= 4 is 56.4 Å². The van der Waals surface area contributed by atoms with Gasteiger partial charge in [0.2, 0.25) is 0 Å². The van der Waals surface area contributed by atoms with Crippen molar-refractivity contribution < 1.29 is 9.21 Å². The van der Waals surface area contributed by atoms with E-state index in [9.17, 15) is 4.79 Å². The Kier molecular flexibility index (Phi) is 5.27. The fraction of sp³-hybridized carbons (Fsp3) is 0. The van der Waals surface area contributed by atoms with Crippen molar-refractivity contribution in [3.8, 4) is 0 Å². The number of carbonyl (C=O) groups excluding carboxylic acids is 1. The highest BCUT2D eigenvalue weighted by atomic mass is 16.3. The Morgan fingerprint density at radius 1 is 0.861 bits per heavy atom. The van der Waals surface area contributed by atoms with Gasteiger partial charge in [0, 0.05) is 39.6 Å². The number of furan rings is 1. The highest BCUT2D eigenvalue weighted by Crippen LogP contribution is 2.41. The normalized spacial score (nSPS) is 11.0. The van der Waals surface area contributed by atoms with Gasteiger partial charge in [-0.3, -0.25) is 9.69 Å². The maximum absolute atomic E-state index is 12.8. The number of hydrogen-bond donors (Lipinski definition) is 2. The monoisotopic (exact) mass is 471 g/mol. The van der Waals surface area contributed by atoms with Crippen LogP contribution in [0.5, 0.6) is 0 Å². The largest absolute Gasteiger partial charge is 0.454 e. The number of hydrogen-bond acceptors (Lipinski definition) is 6. The molecule has 0 bridgehead atoms. The minimum atomic E-state index is -0.222. The summed E-state index contributed by atoms with van der Waals surface area (Å²) in [6.07, 6.45) is 3.20. The van der Waals surface area contributed by atoms with Crippen LogP contribution in [0.2, 0.25) is 0 Å². The molecular formula is C29H21N5O2. The zero-order chi connectivity index (χ0) is 24.5. The van der Waals surface area contributed by atoms with Gasteiger partial charge in [0.1, 0.15) is 17.7 Å². The van der Waals surface area contributed by atoms with Crippen LogP contribution in [0.3, 0.4) is 0 Å². The van der Waals surface area contributed by atoms with Crippen molar-refractivity contribution in [2.75, 3.05) is 16.0 Å². The smallest absolute Gasteiger partial charge is 0.255 e. The quantitative estimate of drug-likeness (QED) is 0.272. The molecule has 2 heterocycles. The van der Waals surface area contributed by atoms with Gasteiger partial charge < -0.3 is 15.5 Å². The SMILES string of the molecule is Nc1ccc(C(=O)Nc2cccc(N(c3ccncn3)c3cccc4c3oc3ccccc34)c2)cc1. The summed E-state index contributed by atoms with van der Waals surface area (Å²) in [5.41, 5.74) is 10.7. The van der Waals surface area contributed by atoms with E-state index < -0.39 is 0 Å². The molecule has 4 aromatic carbocycles. The summed E-state index contributed by atoms with van der Waals surface area (Å²) >= 11 is 0. The van der Waals surface area contributed by atoms with Crippen LogP contribution < -0.4 is 16.0 Å². The van der Waals surface area contributed by atoms with Gasteiger partial charge in [-0.25, -0.2) is 9.97 Å². The van der Waals surface area contributed by atoms with E-state index in [0.717, 1.165) is 33.3 Å². The van der Waals surface area contributed by atoms with Crippen molar-refractivity contribution in [2.45, 2.75) is 0 Å². The van der Waals surface area contributed by atoms with E-state index in [1.807, 2.05) is 77.7 Å². The number of nitrogen functional groups attached to an aromatic ring is 1. The third-order valence-corrected chi connectivity index (χ3v) is 5.95. The van der Waals surface area contributed by atoms with E-state index in [1.54, 1.807) is 30.5 Å². The molecule has 0 aliphatic rings. The number of nitrogens with one attached hydrogen (secondary N) is 1. The van der Waals surface area contributed by atoms with Gasteiger partial charge in [-0.2, -0.15) is 0 Å². The second-order valence-corrected chi connectivity index (χ2v) is 8.28. The lowest BCUT2D eigenvalue weighted by atomic mass is 10.1. The molecule has 174 valence electrons. The zero-order valence-corrected chi connectivity index (χ0v) is 19.1. The van der Waals surface area contributed by atoms with E-state index >= 15 is 0 Å². The third-order valence-electron chi connectivity index (χ3n) is 5.95. The Hall–Kier alpha value is -5.17. The van der Waals surface area contributed by atoms with Crippen LogP contribution >= 0.6 is 0 Å². The molecule has 2 aromatic heterocycles. The topological polar surface area (TPSA) is 97.3 Å². The number of para-hydroxylation sites is 2. The number of nitrogens with zero attached hydrogens (tertiary/aromatic N) is 3. The molecule has 0 spiro atoms. The van der Waals surface area contributed by atoms with E-state index in [0.29, 0.717) is 22.8 Å². The van der Waals surface area contributed by atoms with Gasteiger partial charge in [-0.05, 0) is 60.7 Å². The summed E-state index contributed by atoms with van der Waals surface area (Å²) in [6, 6.07) is 30.2. The number of fused-ring (bicyclic) bond motifs is 3. The van der Waals surface area contributed by atoms with E-state index in [4.69, 9.17) is 10.2 Å². The maximum Gasteiger partial charge on any atom is 0.255 e. The zero-order valence-electron chi connectivity index (χ0n) is 19.1. The van der Waals surface area contributed by atoms with Gasteiger partial charge >= 0.3 is 0 Å². The molecule has 3 N–H and O–H groups in total. The molecule has 0 radical (unpaired) electrons. The summed E-state index contributed by atoms with van der Waals surface area (Å²) in [4.78, 5) is 23.4. The van der Waals surface area contributed by atoms with Crippen molar-refractivity contribution in [3.63, 3.8) is 0 Å². The molecule has 6 aromatic rings. The summed E-state index contributed by atoms with van der Waals surface area (Å²) in [5, 5.41) is 5.02. The van der Waals surface area contributed by atoms with Crippen molar-refractivity contribution in [1.82, 2.24) is 9.97 Å². The van der Waals surface area contributed by atoms with Crippen LogP contribution in [-0.4, -0.2) is 15.9 Å². The van der Waals surface area contributed by atoms with Gasteiger partial charge in [0.15, 0.2) is 5.58 Å². The van der Waals surface area contributed by atoms with E-state index in [2.05, 4.69) is 15.3 Å². The van der Waals surface area contributed by atoms with Gasteiger partial charge in [-0.1, -0.05) is 36.4 Å². The number of nitrogens with two attached hydrogens (primary N) is 1. The standard InChI is InChI=1S/C29H21N5O2/c30-20-13-11-19(12-14-20)29(35)33-21-5-3-6-22(17-21)34(27-15-16-31-18-32-27)25-9-4-8-24-23-7-1-2-10-26(23)36-28(24)25/h1-18H,30H2,(H,33,35). The molecule has 0 saturated heterocycles. The van der Waals surface area contributed by atoms with Crippen LogP contribution in [-0.2, 0) is 0 Å². The molecule has 7 heteroatoms. The minimum Gasteiger partial charge on any atom is -0.454 e. The molecule has 7 nitrogen and oxygen atoms in total. The fourth-order valence-corrected chi connectivity index (χ4v) is 4.28. The number of rotatable bonds is 5. The van der Waals surface area contributed by atoms with Gasteiger partial charge in [-0.15, -0.1) is 0 Å². The van der Waals surface area contributed by atoms with E-state index in [-0.39, 0.29) is 5.91 Å². The Morgan fingerprint density at radius 2 is 1.67 bits per heavy atom. The van der Waals surface area contributed by atoms with Crippen LogP contribution in [0.4, 0.5) is 28.6 Å². The Morgan fingerprint density at radius 3 is 2.50 bits per heavy atom. The Labute approximate surface area is 206 Å². The molecule has 0 saturated carbocycles. The van der Waals surface area contributed by atoms with Crippen molar-refractivity contribution in [2.24, 2.45) is 0 Å². The predicted octanol–water partition coefficient (Wildman–Crippen LogP) is 6.68. The van der Waals surface area contributed by atoms with Gasteiger partial charge in [0.05, 0.1) is 5.69 Å². The second kappa shape index (κ2) is 8.88. The first-order valence-electron chi connectivity index (χ1n) is 11.4. The van der Waals surface area contributed by atoms with Crippen LogP contribution in [0.25, 0.3) is 21.9 Å². The fourth-order valence-electron chi connectivity index (χ4n) is 4.28. The maximum atomic E-state index is 12.8. The summed E-state index contributed by atoms with van der Waals surface area (Å²) in [7, 11) is 0. The first-order valence-corrected chi connectivity index (χ1v) is 11.4. The summed E-state index contributed by atoms with van der Waals surface area (Å²) in [6.45, 7) is 0. The van der Waals surface area contributed by atoms with Crippen molar-refractivity contribution in [1.29, 1.82) is 0 Å². The minimum absolute atomic E-state index is 0.222. The summed E-state index contributed by atoms with van der Waals surface area (Å²) < 4.78 is 6.30. The molecule has 0 aliphatic carbocycles. The van der Waals surface area contributed by atoms with Crippen LogP contribution in [0.1, 0.15) is 10.4 Å². The molecule has 6 rings (SSSR count). The lowest BCUT2D eigenvalue weighted by molar-refractivity contribution is 0.102. The predicted molar refractivity (Wildman–Crippen MR) is 143 cm³/mol. The lowest BCUT2D eigenvalue weighted by Gasteiger charge is -2.24. The average Bonchev–Trinajstić information content (AvgIpc) is 3.30. The number of benzene rings is 4. The lowest BCUT2D eigenvalue weighted by Crippen LogP contribution is -2.14. The average molecular weight is 472 g/mol. The summed E-state index contributed by atoms with van der Waals surface area (Å²) in [5.74, 6) is 0.445. The van der Waals surface area contributed by atoms with Gasteiger partial charge in [0.25, 0.3) is 5.91 Å². The highest BCUT2D eigenvalue weighted by molar-refractivity contribution is 6.10. The molecule has 0 unspecified atom stereocenters. The molecule has 0 aliphatic heterocycles. The molecule has 36 heavy (non-hydrogen) atoms. The molecule has 0 atom stereocenters. The number of anilines is 5. The molecule has 1 amide bonds. The first-order chi connectivity index (χ1) is 17.7. The molecule has 0 fully saturated rings. The van der Waals surface area contributed by atoms with Crippen LogP contribution in [0, 0.1) is 0 Å². The number of carbonyl (C=O) groups is 1. The highest BCUT2D eigenvalue weighted by Gasteiger charge is 2.20. The second-order valence-electron chi connectivity index (χ2n) is 8.28. The first kappa shape index (κ1) is 21.4. The Balaban J connectivity index is 1.45. The third kappa shape index (κ3) is 3.88. The number of amides is 1. The van der Waals surface area contributed by atoms with E-state index in [1.165, 1.54) is 6.33 Å².